The van der Waals surface area contributed by atoms with Crippen LogP contribution in [0.2, 0.25) is 0 Å². The Morgan fingerprint density at radius 1 is 0.900 bits per heavy atom. The van der Waals surface area contributed by atoms with Crippen molar-refractivity contribution < 1.29 is 4.42 Å². The number of likely N-dealkylation sites (N-methyl/N-ethyl adjacent to an activating group) is 1. The van der Waals surface area contributed by atoms with Gasteiger partial charge in [0.15, 0.2) is 5.58 Å². The van der Waals surface area contributed by atoms with Crippen molar-refractivity contribution >= 4 is 33.7 Å². The van der Waals surface area contributed by atoms with Crippen LogP contribution in [0.1, 0.15) is 11.3 Å². The normalized spacial score (nSPS) is 17.8. The molecule has 0 N–H and O–H groups in total. The molecule has 6 rings (SSSR count). The number of nitrogens with zero attached hydrogens (tertiary/aromatic N) is 5. The number of para-hydroxylation sites is 1. The Hall–Kier alpha value is -2.99. The zero-order valence-electron chi connectivity index (χ0n) is 17.6. The quantitative estimate of drug-likeness (QED) is 0.513. The van der Waals surface area contributed by atoms with Crippen LogP contribution < -0.4 is 9.80 Å². The van der Waals surface area contributed by atoms with Gasteiger partial charge in [-0.1, -0.05) is 18.2 Å². The van der Waals surface area contributed by atoms with Gasteiger partial charge in [0.25, 0.3) is 6.01 Å². The summed E-state index contributed by atoms with van der Waals surface area (Å²) in [4.78, 5) is 11.9. The molecule has 4 aromatic rings. The van der Waals surface area contributed by atoms with Crippen LogP contribution in [-0.4, -0.2) is 54.2 Å². The number of aromatic nitrogens is 2. The molecule has 0 aliphatic carbocycles. The Bertz CT molecular complexity index is 1230. The van der Waals surface area contributed by atoms with Crippen molar-refractivity contribution in [3.05, 3.63) is 53.7 Å². The first-order valence-corrected chi connectivity index (χ1v) is 10.8. The molecule has 154 valence electrons. The van der Waals surface area contributed by atoms with Crippen LogP contribution in [-0.2, 0) is 20.0 Å². The molecule has 1 fully saturated rings. The summed E-state index contributed by atoms with van der Waals surface area (Å²) in [7, 11) is 4.35. The minimum Gasteiger partial charge on any atom is -0.423 e. The first-order chi connectivity index (χ1) is 14.7. The summed E-state index contributed by atoms with van der Waals surface area (Å²) < 4.78 is 8.43. The van der Waals surface area contributed by atoms with Crippen molar-refractivity contribution in [2.75, 3.05) is 49.6 Å². The number of rotatable bonds is 2. The lowest BCUT2D eigenvalue weighted by Crippen LogP contribution is -2.44. The summed E-state index contributed by atoms with van der Waals surface area (Å²) in [5.74, 6) is 0. The topological polar surface area (TPSA) is 40.7 Å². The fourth-order valence-electron chi connectivity index (χ4n) is 4.97. The lowest BCUT2D eigenvalue weighted by atomic mass is 10.0. The van der Waals surface area contributed by atoms with Crippen molar-refractivity contribution in [1.82, 2.24) is 14.5 Å². The van der Waals surface area contributed by atoms with E-state index in [1.807, 2.05) is 0 Å². The van der Waals surface area contributed by atoms with Crippen LogP contribution in [0.4, 0.5) is 11.7 Å². The molecule has 6 heteroatoms. The smallest absolute Gasteiger partial charge is 0.298 e. The van der Waals surface area contributed by atoms with Crippen LogP contribution in [0.3, 0.4) is 0 Å². The average Bonchev–Trinajstić information content (AvgIpc) is 3.33. The van der Waals surface area contributed by atoms with E-state index in [-0.39, 0.29) is 0 Å². The van der Waals surface area contributed by atoms with Crippen molar-refractivity contribution in [3.63, 3.8) is 0 Å². The van der Waals surface area contributed by atoms with Gasteiger partial charge in [-0.3, -0.25) is 0 Å². The largest absolute Gasteiger partial charge is 0.423 e. The third-order valence-corrected chi connectivity index (χ3v) is 6.81. The maximum atomic E-state index is 6.07. The third kappa shape index (κ3) is 2.78. The molecule has 2 aliphatic rings. The van der Waals surface area contributed by atoms with E-state index in [0.29, 0.717) is 0 Å². The van der Waals surface area contributed by atoms with Crippen LogP contribution in [0.5, 0.6) is 0 Å². The second kappa shape index (κ2) is 6.77. The Morgan fingerprint density at radius 3 is 2.60 bits per heavy atom. The standard InChI is InChI=1S/C24H27N5O/c1-26-11-13-28(14-12-26)24-25-20-15-17(7-8-23(20)30-24)29-10-9-19-18-5-3-4-6-21(18)27(2)22(19)16-29/h3-8,15H,9-14,16H2,1-2H3. The molecule has 2 aliphatic heterocycles. The van der Waals surface area contributed by atoms with Gasteiger partial charge >= 0.3 is 0 Å². The molecule has 30 heavy (non-hydrogen) atoms. The molecule has 0 atom stereocenters. The minimum absolute atomic E-state index is 0.755. The first kappa shape index (κ1) is 17.8. The monoisotopic (exact) mass is 401 g/mol. The Labute approximate surface area is 176 Å². The number of hydrogen-bond donors (Lipinski definition) is 0. The highest BCUT2D eigenvalue weighted by molar-refractivity contribution is 5.86. The lowest BCUT2D eigenvalue weighted by Gasteiger charge is -2.31. The minimum atomic E-state index is 0.755. The molecule has 0 bridgehead atoms. The molecule has 6 nitrogen and oxygen atoms in total. The van der Waals surface area contributed by atoms with Gasteiger partial charge in [0.1, 0.15) is 5.52 Å². The van der Waals surface area contributed by atoms with Gasteiger partial charge in [-0.2, -0.15) is 4.98 Å². The molecule has 4 heterocycles. The third-order valence-electron chi connectivity index (χ3n) is 6.81. The molecule has 0 amide bonds. The number of aryl methyl sites for hydroxylation is 1. The van der Waals surface area contributed by atoms with E-state index >= 15 is 0 Å². The second-order valence-corrected chi connectivity index (χ2v) is 8.61. The van der Waals surface area contributed by atoms with Gasteiger partial charge in [0.05, 0.1) is 6.54 Å². The van der Waals surface area contributed by atoms with Crippen molar-refractivity contribution in [3.8, 4) is 0 Å². The summed E-state index contributed by atoms with van der Waals surface area (Å²) in [6.07, 6.45) is 1.07. The van der Waals surface area contributed by atoms with E-state index in [2.05, 4.69) is 75.8 Å². The van der Waals surface area contributed by atoms with Crippen molar-refractivity contribution in [2.24, 2.45) is 7.05 Å². The van der Waals surface area contributed by atoms with Gasteiger partial charge in [-0.05, 0) is 43.3 Å². The fraction of sp³-hybridized carbons (Fsp3) is 0.375. The van der Waals surface area contributed by atoms with Crippen LogP contribution >= 0.6 is 0 Å². The highest BCUT2D eigenvalue weighted by atomic mass is 16.4. The van der Waals surface area contributed by atoms with E-state index in [1.54, 1.807) is 0 Å². The van der Waals surface area contributed by atoms with Crippen LogP contribution in [0.15, 0.2) is 46.9 Å². The summed E-state index contributed by atoms with van der Waals surface area (Å²) in [5, 5.41) is 1.40. The first-order valence-electron chi connectivity index (χ1n) is 10.8. The van der Waals surface area contributed by atoms with Crippen LogP contribution in [0.25, 0.3) is 22.0 Å². The van der Waals surface area contributed by atoms with E-state index < -0.39 is 0 Å². The van der Waals surface area contributed by atoms with Gasteiger partial charge in [-0.15, -0.1) is 0 Å². The SMILES string of the molecule is CN1CCN(c2nc3cc(N4CCc5c(n(C)c6ccccc56)C4)ccc3o2)CC1. The summed E-state index contributed by atoms with van der Waals surface area (Å²) in [5.41, 5.74) is 7.29. The predicted octanol–water partition coefficient (Wildman–Crippen LogP) is 3.63. The van der Waals surface area contributed by atoms with Gasteiger partial charge in [-0.25, -0.2) is 0 Å². The molecule has 2 aromatic heterocycles. The van der Waals surface area contributed by atoms with Gasteiger partial charge in [0, 0.05) is 62.1 Å². The number of anilines is 2. The maximum absolute atomic E-state index is 6.07. The lowest BCUT2D eigenvalue weighted by molar-refractivity contribution is 0.305. The highest BCUT2D eigenvalue weighted by Gasteiger charge is 2.24. The number of oxazole rings is 1. The molecule has 0 saturated carbocycles. The molecular formula is C24H27N5O. The van der Waals surface area contributed by atoms with E-state index in [4.69, 9.17) is 9.40 Å². The molecule has 1 saturated heterocycles. The number of fused-ring (bicyclic) bond motifs is 4. The highest BCUT2D eigenvalue weighted by Crippen LogP contribution is 2.33. The Morgan fingerprint density at radius 2 is 1.73 bits per heavy atom. The number of piperazine rings is 1. The maximum Gasteiger partial charge on any atom is 0.298 e. The number of hydrogen-bond acceptors (Lipinski definition) is 5. The predicted molar refractivity (Wildman–Crippen MR) is 121 cm³/mol. The van der Waals surface area contributed by atoms with Gasteiger partial charge < -0.3 is 23.7 Å². The van der Waals surface area contributed by atoms with Crippen LogP contribution in [0, 0.1) is 0 Å². The molecule has 0 unspecified atom stereocenters. The summed E-state index contributed by atoms with van der Waals surface area (Å²) in [6.45, 7) is 5.97. The Balaban J connectivity index is 1.30. The average molecular weight is 402 g/mol. The fourth-order valence-corrected chi connectivity index (χ4v) is 4.97. The number of benzene rings is 2. The molecular weight excluding hydrogens is 374 g/mol. The van der Waals surface area contributed by atoms with E-state index in [9.17, 15) is 0 Å². The zero-order valence-corrected chi connectivity index (χ0v) is 17.6. The summed E-state index contributed by atoms with van der Waals surface area (Å²) in [6, 6.07) is 15.9. The van der Waals surface area contributed by atoms with E-state index in [0.717, 1.165) is 62.8 Å². The zero-order chi connectivity index (χ0) is 20.2. The molecule has 0 spiro atoms. The van der Waals surface area contributed by atoms with Crippen molar-refractivity contribution in [1.29, 1.82) is 0 Å². The summed E-state index contributed by atoms with van der Waals surface area (Å²) >= 11 is 0. The second-order valence-electron chi connectivity index (χ2n) is 8.61. The van der Waals surface area contributed by atoms with E-state index in [1.165, 1.54) is 27.8 Å². The Kier molecular flexibility index (Phi) is 4.03. The molecule has 2 aromatic carbocycles. The van der Waals surface area contributed by atoms with Gasteiger partial charge in [0.2, 0.25) is 0 Å². The van der Waals surface area contributed by atoms with Crippen molar-refractivity contribution in [2.45, 2.75) is 13.0 Å². The molecule has 0 radical (unpaired) electrons.